The van der Waals surface area contributed by atoms with Gasteiger partial charge >= 0.3 is 0 Å². The maximum Gasteiger partial charge on any atom is 0.239 e. The number of nitrogens with one attached hydrogen (secondary N) is 2. The molecule has 17 heavy (non-hydrogen) atoms. The van der Waals surface area contributed by atoms with Crippen molar-refractivity contribution in [2.24, 2.45) is 5.92 Å². The zero-order valence-electron chi connectivity index (χ0n) is 10.3. The van der Waals surface area contributed by atoms with E-state index >= 15 is 0 Å². The number of terminal acetylenes is 1. The average molecular weight is 230 g/mol. The molecule has 3 heteroatoms. The van der Waals surface area contributed by atoms with E-state index < -0.39 is 0 Å². The van der Waals surface area contributed by atoms with Gasteiger partial charge in [-0.05, 0) is 24.1 Å². The van der Waals surface area contributed by atoms with Gasteiger partial charge in [0, 0.05) is 17.8 Å². The van der Waals surface area contributed by atoms with Gasteiger partial charge in [0.05, 0.1) is 6.54 Å². The average Bonchev–Trinajstić information content (AvgIpc) is 2.34. The Kier molecular flexibility index (Phi) is 5.09. The third kappa shape index (κ3) is 5.07. The minimum Gasteiger partial charge on any atom is -0.376 e. The fourth-order valence-electron chi connectivity index (χ4n) is 1.28. The van der Waals surface area contributed by atoms with Crippen molar-refractivity contribution in [3.63, 3.8) is 0 Å². The van der Waals surface area contributed by atoms with Gasteiger partial charge in [0.2, 0.25) is 5.91 Å². The minimum absolute atomic E-state index is 0.00943. The first-order chi connectivity index (χ1) is 8.11. The summed E-state index contributed by atoms with van der Waals surface area (Å²) in [7, 11) is 0. The van der Waals surface area contributed by atoms with Crippen LogP contribution in [-0.4, -0.2) is 19.0 Å². The second kappa shape index (κ2) is 6.59. The molecule has 1 aromatic carbocycles. The van der Waals surface area contributed by atoms with Gasteiger partial charge in [-0.25, -0.2) is 0 Å². The highest BCUT2D eigenvalue weighted by Gasteiger charge is 2.02. The van der Waals surface area contributed by atoms with Crippen molar-refractivity contribution in [1.29, 1.82) is 0 Å². The number of benzene rings is 1. The number of hydrogen-bond acceptors (Lipinski definition) is 2. The van der Waals surface area contributed by atoms with Crippen LogP contribution < -0.4 is 10.6 Å². The molecule has 0 aliphatic carbocycles. The first kappa shape index (κ1) is 13.1. The lowest BCUT2D eigenvalue weighted by Crippen LogP contribution is -2.32. The SMILES string of the molecule is C#Cc1cccc(NCC(=O)NCC(C)C)c1. The van der Waals surface area contributed by atoms with E-state index in [0.29, 0.717) is 12.5 Å². The number of amides is 1. The predicted octanol–water partition coefficient (Wildman–Crippen LogP) is 1.85. The van der Waals surface area contributed by atoms with E-state index in [-0.39, 0.29) is 12.5 Å². The van der Waals surface area contributed by atoms with Gasteiger partial charge in [-0.15, -0.1) is 6.42 Å². The van der Waals surface area contributed by atoms with E-state index in [0.717, 1.165) is 11.3 Å². The summed E-state index contributed by atoms with van der Waals surface area (Å²) in [5, 5.41) is 5.87. The van der Waals surface area contributed by atoms with Gasteiger partial charge in [-0.2, -0.15) is 0 Å². The Morgan fingerprint density at radius 2 is 2.24 bits per heavy atom. The third-order valence-corrected chi connectivity index (χ3v) is 2.19. The molecular formula is C14H18N2O. The molecule has 0 aromatic heterocycles. The van der Waals surface area contributed by atoms with Gasteiger partial charge in [-0.3, -0.25) is 4.79 Å². The van der Waals surface area contributed by atoms with Gasteiger partial charge in [0.1, 0.15) is 0 Å². The molecule has 0 saturated heterocycles. The lowest BCUT2D eigenvalue weighted by atomic mass is 10.2. The van der Waals surface area contributed by atoms with Crippen LogP contribution >= 0.6 is 0 Å². The summed E-state index contributed by atoms with van der Waals surface area (Å²) in [6.45, 7) is 5.08. The Hall–Kier alpha value is -1.95. The number of carbonyl (C=O) groups excluding carboxylic acids is 1. The zero-order valence-corrected chi connectivity index (χ0v) is 10.3. The van der Waals surface area contributed by atoms with Crippen LogP contribution in [-0.2, 0) is 4.79 Å². The van der Waals surface area contributed by atoms with Crippen molar-refractivity contribution in [3.05, 3.63) is 29.8 Å². The Bertz CT molecular complexity index is 418. The fourth-order valence-corrected chi connectivity index (χ4v) is 1.28. The molecule has 1 aromatic rings. The normalized spacial score (nSPS) is 9.76. The van der Waals surface area contributed by atoms with Crippen LogP contribution in [0.1, 0.15) is 19.4 Å². The largest absolute Gasteiger partial charge is 0.376 e. The summed E-state index contributed by atoms with van der Waals surface area (Å²) in [4.78, 5) is 11.5. The summed E-state index contributed by atoms with van der Waals surface area (Å²) < 4.78 is 0. The number of rotatable bonds is 5. The second-order valence-electron chi connectivity index (χ2n) is 4.28. The van der Waals surface area contributed by atoms with Crippen LogP contribution in [0.2, 0.25) is 0 Å². The molecule has 0 aliphatic heterocycles. The molecule has 0 heterocycles. The molecule has 0 bridgehead atoms. The summed E-state index contributed by atoms with van der Waals surface area (Å²) in [5.41, 5.74) is 1.66. The highest BCUT2D eigenvalue weighted by molar-refractivity contribution is 5.80. The van der Waals surface area contributed by atoms with Crippen LogP contribution in [0.4, 0.5) is 5.69 Å². The maximum atomic E-state index is 11.5. The standard InChI is InChI=1S/C14H18N2O/c1-4-12-6-5-7-13(8-12)15-10-14(17)16-9-11(2)3/h1,5-8,11,15H,9-10H2,2-3H3,(H,16,17). The van der Waals surface area contributed by atoms with Crippen molar-refractivity contribution < 1.29 is 4.79 Å². The molecule has 0 aliphatic rings. The topological polar surface area (TPSA) is 41.1 Å². The molecular weight excluding hydrogens is 212 g/mol. The van der Waals surface area contributed by atoms with Crippen LogP contribution in [0.15, 0.2) is 24.3 Å². The van der Waals surface area contributed by atoms with E-state index in [1.807, 2.05) is 24.3 Å². The number of carbonyl (C=O) groups is 1. The molecule has 0 fully saturated rings. The van der Waals surface area contributed by atoms with Crippen LogP contribution in [0.3, 0.4) is 0 Å². The molecule has 0 spiro atoms. The van der Waals surface area contributed by atoms with E-state index in [9.17, 15) is 4.79 Å². The van der Waals surface area contributed by atoms with Crippen molar-refractivity contribution in [1.82, 2.24) is 5.32 Å². The highest BCUT2D eigenvalue weighted by atomic mass is 16.1. The summed E-state index contributed by atoms with van der Waals surface area (Å²) >= 11 is 0. The van der Waals surface area contributed by atoms with E-state index in [1.165, 1.54) is 0 Å². The zero-order chi connectivity index (χ0) is 12.7. The maximum absolute atomic E-state index is 11.5. The van der Waals surface area contributed by atoms with Gasteiger partial charge in [0.15, 0.2) is 0 Å². The summed E-state index contributed by atoms with van der Waals surface area (Å²) in [5.74, 6) is 3.01. The Morgan fingerprint density at radius 1 is 1.47 bits per heavy atom. The predicted molar refractivity (Wildman–Crippen MR) is 70.7 cm³/mol. The van der Waals surface area contributed by atoms with Gasteiger partial charge in [0.25, 0.3) is 0 Å². The summed E-state index contributed by atoms with van der Waals surface area (Å²) in [6.07, 6.45) is 5.30. The highest BCUT2D eigenvalue weighted by Crippen LogP contribution is 2.08. The van der Waals surface area contributed by atoms with E-state index in [2.05, 4.69) is 30.4 Å². The summed E-state index contributed by atoms with van der Waals surface area (Å²) in [6, 6.07) is 7.44. The van der Waals surface area contributed by atoms with E-state index in [4.69, 9.17) is 6.42 Å². The van der Waals surface area contributed by atoms with Gasteiger partial charge < -0.3 is 10.6 Å². The lowest BCUT2D eigenvalue weighted by molar-refractivity contribution is -0.119. The minimum atomic E-state index is -0.00943. The fraction of sp³-hybridized carbons (Fsp3) is 0.357. The second-order valence-corrected chi connectivity index (χ2v) is 4.28. The molecule has 3 nitrogen and oxygen atoms in total. The Morgan fingerprint density at radius 3 is 2.88 bits per heavy atom. The van der Waals surface area contributed by atoms with Crippen molar-refractivity contribution in [2.45, 2.75) is 13.8 Å². The van der Waals surface area contributed by atoms with E-state index in [1.54, 1.807) is 0 Å². The van der Waals surface area contributed by atoms with Crippen molar-refractivity contribution in [3.8, 4) is 12.3 Å². The first-order valence-corrected chi connectivity index (χ1v) is 5.69. The molecule has 0 unspecified atom stereocenters. The quantitative estimate of drug-likeness (QED) is 0.758. The first-order valence-electron chi connectivity index (χ1n) is 5.69. The molecule has 0 saturated carbocycles. The third-order valence-electron chi connectivity index (χ3n) is 2.19. The van der Waals surface area contributed by atoms with Crippen LogP contribution in [0.25, 0.3) is 0 Å². The lowest BCUT2D eigenvalue weighted by Gasteiger charge is -2.09. The van der Waals surface area contributed by atoms with Gasteiger partial charge in [-0.1, -0.05) is 25.8 Å². The van der Waals surface area contributed by atoms with Crippen molar-refractivity contribution >= 4 is 11.6 Å². The molecule has 2 N–H and O–H groups in total. The molecule has 1 rings (SSSR count). The van der Waals surface area contributed by atoms with Crippen molar-refractivity contribution in [2.75, 3.05) is 18.4 Å². The van der Waals surface area contributed by atoms with Crippen LogP contribution in [0.5, 0.6) is 0 Å². The van der Waals surface area contributed by atoms with Crippen LogP contribution in [0, 0.1) is 18.3 Å². The number of hydrogen-bond donors (Lipinski definition) is 2. The smallest absolute Gasteiger partial charge is 0.239 e. The molecule has 1 amide bonds. The number of anilines is 1. The molecule has 0 atom stereocenters. The Balaban J connectivity index is 2.40. The molecule has 90 valence electrons. The Labute approximate surface area is 103 Å². The molecule has 0 radical (unpaired) electrons. The monoisotopic (exact) mass is 230 g/mol.